The molecule has 3 rings (SSSR count). The predicted octanol–water partition coefficient (Wildman–Crippen LogP) is 2.25. The Morgan fingerprint density at radius 1 is 1.18 bits per heavy atom. The zero-order valence-corrected chi connectivity index (χ0v) is 13.5. The predicted molar refractivity (Wildman–Crippen MR) is 83.7 cm³/mol. The number of hydrogen-bond acceptors (Lipinski definition) is 5. The van der Waals surface area contributed by atoms with Crippen molar-refractivity contribution in [2.24, 2.45) is 5.92 Å². The zero-order valence-electron chi connectivity index (χ0n) is 13.5. The van der Waals surface area contributed by atoms with Crippen LogP contribution in [0.4, 0.5) is 6.01 Å². The molecule has 6 heteroatoms. The molecule has 0 spiro atoms. The van der Waals surface area contributed by atoms with Gasteiger partial charge in [-0.15, -0.1) is 5.10 Å². The topological polar surface area (TPSA) is 62.5 Å². The van der Waals surface area contributed by atoms with Crippen molar-refractivity contribution in [1.29, 1.82) is 0 Å². The van der Waals surface area contributed by atoms with Crippen molar-refractivity contribution in [3.05, 3.63) is 5.89 Å². The Hall–Kier alpha value is -1.59. The summed E-state index contributed by atoms with van der Waals surface area (Å²) in [4.78, 5) is 16.8. The Kier molecular flexibility index (Phi) is 4.95. The van der Waals surface area contributed by atoms with Crippen LogP contribution in [0.15, 0.2) is 4.42 Å². The fourth-order valence-corrected chi connectivity index (χ4v) is 3.41. The first-order chi connectivity index (χ1) is 10.8. The molecule has 1 amide bonds. The smallest absolute Gasteiger partial charge is 0.318 e. The summed E-state index contributed by atoms with van der Waals surface area (Å²) in [6.45, 7) is 5.56. The van der Waals surface area contributed by atoms with Crippen LogP contribution in [-0.4, -0.2) is 47.2 Å². The molecule has 0 radical (unpaired) electrons. The van der Waals surface area contributed by atoms with Gasteiger partial charge in [0.1, 0.15) is 0 Å². The van der Waals surface area contributed by atoms with Crippen molar-refractivity contribution in [3.8, 4) is 0 Å². The first-order valence-corrected chi connectivity index (χ1v) is 8.64. The molecule has 22 heavy (non-hydrogen) atoms. The molecule has 1 aromatic rings. The molecule has 1 aromatic heterocycles. The Balaban J connectivity index is 1.61. The van der Waals surface area contributed by atoms with E-state index in [9.17, 15) is 4.79 Å². The summed E-state index contributed by atoms with van der Waals surface area (Å²) < 4.78 is 5.72. The normalized spacial score (nSPS) is 22.9. The summed E-state index contributed by atoms with van der Waals surface area (Å²) in [6.07, 6.45) is 7.34. The van der Waals surface area contributed by atoms with Crippen LogP contribution in [0.3, 0.4) is 0 Å². The SMILES string of the molecule is CCCc1nnc(N2CCCC(C(=O)N3CCCCC3)C2)o1. The Morgan fingerprint density at radius 3 is 2.77 bits per heavy atom. The van der Waals surface area contributed by atoms with Crippen molar-refractivity contribution in [3.63, 3.8) is 0 Å². The number of piperidine rings is 2. The van der Waals surface area contributed by atoms with Gasteiger partial charge in [0, 0.05) is 32.6 Å². The number of likely N-dealkylation sites (tertiary alicyclic amines) is 1. The standard InChI is InChI=1S/C16H26N4O2/c1-2-7-14-17-18-16(22-14)20-11-6-8-13(12-20)15(21)19-9-4-3-5-10-19/h13H,2-12H2,1H3. The molecule has 2 saturated heterocycles. The minimum atomic E-state index is 0.0772. The number of aromatic nitrogens is 2. The van der Waals surface area contributed by atoms with Crippen molar-refractivity contribution in [2.45, 2.75) is 51.9 Å². The fraction of sp³-hybridized carbons (Fsp3) is 0.812. The Bertz CT molecular complexity index is 496. The van der Waals surface area contributed by atoms with E-state index in [0.717, 1.165) is 58.2 Å². The van der Waals surface area contributed by atoms with E-state index in [1.165, 1.54) is 6.42 Å². The quantitative estimate of drug-likeness (QED) is 0.854. The lowest BCUT2D eigenvalue weighted by atomic mass is 9.96. The number of carbonyl (C=O) groups excluding carboxylic acids is 1. The third kappa shape index (κ3) is 3.42. The van der Waals surface area contributed by atoms with E-state index in [4.69, 9.17) is 4.42 Å². The maximum absolute atomic E-state index is 12.7. The Labute approximate surface area is 131 Å². The number of aryl methyl sites for hydroxylation is 1. The number of anilines is 1. The van der Waals surface area contributed by atoms with Crippen LogP contribution in [0, 0.1) is 5.92 Å². The molecule has 2 aliphatic heterocycles. The first-order valence-electron chi connectivity index (χ1n) is 8.64. The van der Waals surface area contributed by atoms with Crippen molar-refractivity contribution < 1.29 is 9.21 Å². The second kappa shape index (κ2) is 7.11. The largest absolute Gasteiger partial charge is 0.408 e. The summed E-state index contributed by atoms with van der Waals surface area (Å²) in [6, 6.07) is 0.583. The molecular weight excluding hydrogens is 280 g/mol. The van der Waals surface area contributed by atoms with Gasteiger partial charge in [0.25, 0.3) is 0 Å². The van der Waals surface area contributed by atoms with E-state index >= 15 is 0 Å². The molecule has 1 unspecified atom stereocenters. The summed E-state index contributed by atoms with van der Waals surface area (Å²) in [5, 5.41) is 8.24. The van der Waals surface area contributed by atoms with E-state index in [1.54, 1.807) is 0 Å². The van der Waals surface area contributed by atoms with E-state index in [-0.39, 0.29) is 5.92 Å². The van der Waals surface area contributed by atoms with Crippen LogP contribution in [0.1, 0.15) is 51.3 Å². The zero-order chi connectivity index (χ0) is 15.4. The molecule has 0 N–H and O–H groups in total. The van der Waals surface area contributed by atoms with Gasteiger partial charge in [-0.25, -0.2) is 0 Å². The van der Waals surface area contributed by atoms with Gasteiger partial charge in [-0.2, -0.15) is 0 Å². The number of rotatable bonds is 4. The highest BCUT2D eigenvalue weighted by atomic mass is 16.4. The van der Waals surface area contributed by atoms with Gasteiger partial charge in [-0.1, -0.05) is 12.0 Å². The number of hydrogen-bond donors (Lipinski definition) is 0. The van der Waals surface area contributed by atoms with E-state index in [0.29, 0.717) is 24.4 Å². The summed E-state index contributed by atoms with van der Waals surface area (Å²) >= 11 is 0. The highest BCUT2D eigenvalue weighted by molar-refractivity contribution is 5.79. The molecule has 0 bridgehead atoms. The van der Waals surface area contributed by atoms with E-state index < -0.39 is 0 Å². The minimum absolute atomic E-state index is 0.0772. The Morgan fingerprint density at radius 2 is 2.00 bits per heavy atom. The van der Waals surface area contributed by atoms with Gasteiger partial charge in [0.15, 0.2) is 0 Å². The highest BCUT2D eigenvalue weighted by Crippen LogP contribution is 2.25. The lowest BCUT2D eigenvalue weighted by molar-refractivity contribution is -0.136. The van der Waals surface area contributed by atoms with Crippen LogP contribution in [0.25, 0.3) is 0 Å². The molecule has 0 saturated carbocycles. The van der Waals surface area contributed by atoms with Gasteiger partial charge in [-0.3, -0.25) is 4.79 Å². The molecule has 0 aliphatic carbocycles. The third-order valence-corrected chi connectivity index (χ3v) is 4.63. The summed E-state index contributed by atoms with van der Waals surface area (Å²) in [7, 11) is 0. The maximum Gasteiger partial charge on any atom is 0.318 e. The third-order valence-electron chi connectivity index (χ3n) is 4.63. The molecule has 6 nitrogen and oxygen atoms in total. The van der Waals surface area contributed by atoms with Gasteiger partial charge in [0.05, 0.1) is 5.92 Å². The average molecular weight is 306 g/mol. The van der Waals surface area contributed by atoms with Gasteiger partial charge >= 0.3 is 6.01 Å². The number of nitrogens with zero attached hydrogens (tertiary/aromatic N) is 4. The molecule has 2 aliphatic rings. The summed E-state index contributed by atoms with van der Waals surface area (Å²) in [5.41, 5.74) is 0. The molecule has 2 fully saturated rings. The van der Waals surface area contributed by atoms with Gasteiger partial charge < -0.3 is 14.2 Å². The second-order valence-corrected chi connectivity index (χ2v) is 6.40. The van der Waals surface area contributed by atoms with Crippen LogP contribution in [0.2, 0.25) is 0 Å². The molecule has 1 atom stereocenters. The second-order valence-electron chi connectivity index (χ2n) is 6.40. The number of carbonyl (C=O) groups is 1. The van der Waals surface area contributed by atoms with Crippen LogP contribution < -0.4 is 4.90 Å². The molecule has 0 aromatic carbocycles. The van der Waals surface area contributed by atoms with Crippen molar-refractivity contribution in [1.82, 2.24) is 15.1 Å². The van der Waals surface area contributed by atoms with Crippen molar-refractivity contribution >= 4 is 11.9 Å². The van der Waals surface area contributed by atoms with Gasteiger partial charge in [0.2, 0.25) is 11.8 Å². The van der Waals surface area contributed by atoms with Crippen LogP contribution >= 0.6 is 0 Å². The lowest BCUT2D eigenvalue weighted by Gasteiger charge is -2.35. The molecular formula is C16H26N4O2. The van der Waals surface area contributed by atoms with Gasteiger partial charge in [-0.05, 0) is 38.5 Å². The molecule has 122 valence electrons. The maximum atomic E-state index is 12.7. The lowest BCUT2D eigenvalue weighted by Crippen LogP contribution is -2.46. The van der Waals surface area contributed by atoms with Crippen molar-refractivity contribution in [2.75, 3.05) is 31.1 Å². The van der Waals surface area contributed by atoms with Crippen LogP contribution in [0.5, 0.6) is 0 Å². The summed E-state index contributed by atoms with van der Waals surface area (Å²) in [5.74, 6) is 1.09. The van der Waals surface area contributed by atoms with Crippen LogP contribution in [-0.2, 0) is 11.2 Å². The average Bonchev–Trinajstić information content (AvgIpc) is 3.04. The monoisotopic (exact) mass is 306 g/mol. The molecule has 3 heterocycles. The van der Waals surface area contributed by atoms with E-state index in [2.05, 4.69) is 22.0 Å². The fourth-order valence-electron chi connectivity index (χ4n) is 3.41. The minimum Gasteiger partial charge on any atom is -0.408 e. The highest BCUT2D eigenvalue weighted by Gasteiger charge is 2.31. The number of amides is 1. The first kappa shape index (κ1) is 15.3. The van der Waals surface area contributed by atoms with E-state index in [1.807, 2.05) is 4.90 Å².